The van der Waals surface area contributed by atoms with Crippen molar-refractivity contribution in [1.82, 2.24) is 5.32 Å². The molecule has 4 heteroatoms. The topological polar surface area (TPSA) is 66.4 Å². The van der Waals surface area contributed by atoms with Gasteiger partial charge in [-0.3, -0.25) is 4.79 Å². The SMILES string of the molecule is CC(CC1CC1)NC(=O)c1ccccc1C(=O)O. The molecule has 0 aliphatic heterocycles. The van der Waals surface area contributed by atoms with Gasteiger partial charge in [-0.15, -0.1) is 0 Å². The van der Waals surface area contributed by atoms with Crippen LogP contribution in [0.3, 0.4) is 0 Å². The zero-order chi connectivity index (χ0) is 13.1. The summed E-state index contributed by atoms with van der Waals surface area (Å²) in [6, 6.07) is 6.37. The van der Waals surface area contributed by atoms with Gasteiger partial charge in [-0.1, -0.05) is 25.0 Å². The minimum Gasteiger partial charge on any atom is -0.478 e. The number of carbonyl (C=O) groups is 2. The lowest BCUT2D eigenvalue weighted by atomic mass is 10.1. The fourth-order valence-electron chi connectivity index (χ4n) is 2.08. The summed E-state index contributed by atoms with van der Waals surface area (Å²) < 4.78 is 0. The Bertz CT molecular complexity index is 466. The van der Waals surface area contributed by atoms with Gasteiger partial charge in [0, 0.05) is 6.04 Å². The van der Waals surface area contributed by atoms with E-state index in [1.807, 2.05) is 6.92 Å². The Labute approximate surface area is 106 Å². The van der Waals surface area contributed by atoms with E-state index in [2.05, 4.69) is 5.32 Å². The van der Waals surface area contributed by atoms with Gasteiger partial charge < -0.3 is 10.4 Å². The van der Waals surface area contributed by atoms with Crippen LogP contribution >= 0.6 is 0 Å². The molecule has 0 spiro atoms. The number of aromatic carboxylic acids is 1. The maximum atomic E-state index is 12.0. The van der Waals surface area contributed by atoms with Crippen molar-refractivity contribution < 1.29 is 14.7 Å². The fourth-order valence-corrected chi connectivity index (χ4v) is 2.08. The highest BCUT2D eigenvalue weighted by atomic mass is 16.4. The molecule has 1 aromatic carbocycles. The van der Waals surface area contributed by atoms with Crippen molar-refractivity contribution in [1.29, 1.82) is 0 Å². The first-order valence-corrected chi connectivity index (χ1v) is 6.21. The Morgan fingerprint density at radius 3 is 2.50 bits per heavy atom. The van der Waals surface area contributed by atoms with E-state index in [0.29, 0.717) is 0 Å². The van der Waals surface area contributed by atoms with Crippen LogP contribution in [-0.2, 0) is 0 Å². The van der Waals surface area contributed by atoms with Crippen LogP contribution in [0.1, 0.15) is 46.9 Å². The number of rotatable bonds is 5. The Kier molecular flexibility index (Phi) is 3.65. The van der Waals surface area contributed by atoms with E-state index < -0.39 is 5.97 Å². The highest BCUT2D eigenvalue weighted by Crippen LogP contribution is 2.33. The van der Waals surface area contributed by atoms with Crippen LogP contribution < -0.4 is 5.32 Å². The number of amides is 1. The van der Waals surface area contributed by atoms with Gasteiger partial charge in [-0.25, -0.2) is 4.79 Å². The van der Waals surface area contributed by atoms with Crippen LogP contribution in [0.25, 0.3) is 0 Å². The van der Waals surface area contributed by atoms with Crippen molar-refractivity contribution in [3.05, 3.63) is 35.4 Å². The Balaban J connectivity index is 2.05. The first-order chi connectivity index (χ1) is 8.58. The average molecular weight is 247 g/mol. The van der Waals surface area contributed by atoms with Crippen LogP contribution in [-0.4, -0.2) is 23.0 Å². The van der Waals surface area contributed by atoms with Crippen molar-refractivity contribution in [3.63, 3.8) is 0 Å². The van der Waals surface area contributed by atoms with Crippen LogP contribution in [0.15, 0.2) is 24.3 Å². The second-order valence-corrected chi connectivity index (χ2v) is 4.90. The molecule has 18 heavy (non-hydrogen) atoms. The molecule has 1 aliphatic carbocycles. The van der Waals surface area contributed by atoms with E-state index in [0.717, 1.165) is 12.3 Å². The number of carboxylic acid groups (broad SMARTS) is 1. The summed E-state index contributed by atoms with van der Waals surface area (Å²) in [4.78, 5) is 23.0. The molecule has 1 aliphatic rings. The van der Waals surface area contributed by atoms with Gasteiger partial charge in [0.25, 0.3) is 5.91 Å². The van der Waals surface area contributed by atoms with Gasteiger partial charge in [0.15, 0.2) is 0 Å². The van der Waals surface area contributed by atoms with Crippen LogP contribution in [0.4, 0.5) is 0 Å². The van der Waals surface area contributed by atoms with Crippen molar-refractivity contribution in [2.24, 2.45) is 5.92 Å². The maximum Gasteiger partial charge on any atom is 0.336 e. The lowest BCUT2D eigenvalue weighted by molar-refractivity contribution is 0.0690. The first-order valence-electron chi connectivity index (χ1n) is 6.21. The molecule has 0 aromatic heterocycles. The Hall–Kier alpha value is -1.84. The minimum absolute atomic E-state index is 0.0496. The Morgan fingerprint density at radius 2 is 1.94 bits per heavy atom. The second kappa shape index (κ2) is 5.21. The van der Waals surface area contributed by atoms with Gasteiger partial charge in [0.1, 0.15) is 0 Å². The summed E-state index contributed by atoms with van der Waals surface area (Å²) in [5, 5.41) is 11.9. The molecule has 0 radical (unpaired) electrons. The van der Waals surface area contributed by atoms with Crippen molar-refractivity contribution >= 4 is 11.9 Å². The van der Waals surface area contributed by atoms with Crippen LogP contribution in [0.2, 0.25) is 0 Å². The van der Waals surface area contributed by atoms with Gasteiger partial charge in [0.05, 0.1) is 11.1 Å². The van der Waals surface area contributed by atoms with E-state index in [9.17, 15) is 9.59 Å². The third-order valence-electron chi connectivity index (χ3n) is 3.16. The zero-order valence-electron chi connectivity index (χ0n) is 10.3. The fraction of sp³-hybridized carbons (Fsp3) is 0.429. The summed E-state index contributed by atoms with van der Waals surface area (Å²) in [6.07, 6.45) is 3.46. The van der Waals surface area contributed by atoms with E-state index in [4.69, 9.17) is 5.11 Å². The monoisotopic (exact) mass is 247 g/mol. The summed E-state index contributed by atoms with van der Waals surface area (Å²) in [5.41, 5.74) is 0.279. The number of carbonyl (C=O) groups excluding carboxylic acids is 1. The Morgan fingerprint density at radius 1 is 1.33 bits per heavy atom. The van der Waals surface area contributed by atoms with E-state index in [1.165, 1.54) is 18.9 Å². The average Bonchev–Trinajstić information content (AvgIpc) is 3.12. The lowest BCUT2D eigenvalue weighted by Crippen LogP contribution is -2.33. The van der Waals surface area contributed by atoms with Gasteiger partial charge in [-0.05, 0) is 31.4 Å². The largest absolute Gasteiger partial charge is 0.478 e. The number of benzene rings is 1. The highest BCUT2D eigenvalue weighted by molar-refractivity contribution is 6.04. The molecule has 96 valence electrons. The first kappa shape index (κ1) is 12.6. The molecule has 2 N–H and O–H groups in total. The van der Waals surface area contributed by atoms with Gasteiger partial charge in [0.2, 0.25) is 0 Å². The molecule has 1 aromatic rings. The summed E-state index contributed by atoms with van der Waals surface area (Å²) in [5.74, 6) is -0.647. The van der Waals surface area contributed by atoms with E-state index in [-0.39, 0.29) is 23.1 Å². The molecule has 1 unspecified atom stereocenters. The predicted molar refractivity (Wildman–Crippen MR) is 67.7 cm³/mol. The zero-order valence-corrected chi connectivity index (χ0v) is 10.3. The highest BCUT2D eigenvalue weighted by Gasteiger charge is 2.25. The molecular formula is C14H17NO3. The van der Waals surface area contributed by atoms with Gasteiger partial charge >= 0.3 is 5.97 Å². The normalized spacial score (nSPS) is 16.1. The van der Waals surface area contributed by atoms with E-state index >= 15 is 0 Å². The quantitative estimate of drug-likeness (QED) is 0.839. The summed E-state index contributed by atoms with van der Waals surface area (Å²) >= 11 is 0. The maximum absolute atomic E-state index is 12.0. The summed E-state index contributed by atoms with van der Waals surface area (Å²) in [7, 11) is 0. The molecule has 1 atom stereocenters. The molecule has 0 bridgehead atoms. The molecule has 1 fully saturated rings. The third kappa shape index (κ3) is 3.09. The lowest BCUT2D eigenvalue weighted by Gasteiger charge is -2.14. The van der Waals surface area contributed by atoms with Crippen LogP contribution in [0.5, 0.6) is 0 Å². The number of hydrogen-bond acceptors (Lipinski definition) is 2. The summed E-state index contributed by atoms with van der Waals surface area (Å²) in [6.45, 7) is 1.96. The van der Waals surface area contributed by atoms with Gasteiger partial charge in [-0.2, -0.15) is 0 Å². The molecule has 1 saturated carbocycles. The predicted octanol–water partition coefficient (Wildman–Crippen LogP) is 2.30. The molecule has 0 saturated heterocycles. The second-order valence-electron chi connectivity index (χ2n) is 4.90. The molecule has 4 nitrogen and oxygen atoms in total. The van der Waals surface area contributed by atoms with Crippen molar-refractivity contribution in [2.45, 2.75) is 32.2 Å². The minimum atomic E-state index is -1.07. The smallest absolute Gasteiger partial charge is 0.336 e. The molecular weight excluding hydrogens is 230 g/mol. The van der Waals surface area contributed by atoms with E-state index in [1.54, 1.807) is 18.2 Å². The molecule has 1 amide bonds. The number of nitrogens with one attached hydrogen (secondary N) is 1. The van der Waals surface area contributed by atoms with Crippen molar-refractivity contribution in [3.8, 4) is 0 Å². The van der Waals surface area contributed by atoms with Crippen molar-refractivity contribution in [2.75, 3.05) is 0 Å². The number of hydrogen-bond donors (Lipinski definition) is 2. The third-order valence-corrected chi connectivity index (χ3v) is 3.16. The number of carboxylic acids is 1. The molecule has 2 rings (SSSR count). The standard InChI is InChI=1S/C14H17NO3/c1-9(8-10-6-7-10)15-13(16)11-4-2-3-5-12(11)14(17)18/h2-5,9-10H,6-8H2,1H3,(H,15,16)(H,17,18). The van der Waals surface area contributed by atoms with Crippen LogP contribution in [0, 0.1) is 5.92 Å². The molecule has 0 heterocycles.